The Morgan fingerprint density at radius 3 is 2.82 bits per heavy atom. The van der Waals surface area contributed by atoms with Crippen LogP contribution in [0.15, 0.2) is 5.51 Å². The highest BCUT2D eigenvalue weighted by atomic mass is 32.1. The van der Waals surface area contributed by atoms with Crippen molar-refractivity contribution in [2.75, 3.05) is 6.61 Å². The molecule has 2 N–H and O–H groups in total. The van der Waals surface area contributed by atoms with E-state index in [9.17, 15) is 9.90 Å². The van der Waals surface area contributed by atoms with E-state index in [1.54, 1.807) is 5.51 Å². The Kier molecular flexibility index (Phi) is 5.58. The fourth-order valence-corrected chi connectivity index (χ4v) is 2.49. The first-order chi connectivity index (χ1) is 8.08. The second-order valence-electron chi connectivity index (χ2n) is 4.46. The van der Waals surface area contributed by atoms with Crippen molar-refractivity contribution in [3.8, 4) is 0 Å². The van der Waals surface area contributed by atoms with Crippen LogP contribution in [0.5, 0.6) is 0 Å². The number of aromatic nitrogens is 1. The molecule has 0 saturated heterocycles. The minimum absolute atomic E-state index is 0.0236. The number of hydrogen-bond acceptors (Lipinski definition) is 4. The van der Waals surface area contributed by atoms with Gasteiger partial charge in [0.05, 0.1) is 23.9 Å². The molecule has 0 bridgehead atoms. The third-order valence-electron chi connectivity index (χ3n) is 2.49. The maximum atomic E-state index is 12.0. The molecule has 0 saturated carbocycles. The van der Waals surface area contributed by atoms with Crippen molar-refractivity contribution in [3.63, 3.8) is 0 Å². The first-order valence-electron chi connectivity index (χ1n) is 5.92. The van der Waals surface area contributed by atoms with Gasteiger partial charge in [-0.05, 0) is 18.8 Å². The lowest BCUT2D eigenvalue weighted by molar-refractivity contribution is 0.0911. The molecular weight excluding hydrogens is 236 g/mol. The lowest BCUT2D eigenvalue weighted by Gasteiger charge is -2.17. The van der Waals surface area contributed by atoms with Crippen LogP contribution < -0.4 is 5.32 Å². The van der Waals surface area contributed by atoms with E-state index in [0.717, 1.165) is 18.5 Å². The molecule has 0 aromatic carbocycles. The topological polar surface area (TPSA) is 62.2 Å². The zero-order valence-electron chi connectivity index (χ0n) is 10.6. The van der Waals surface area contributed by atoms with Crippen LogP contribution in [0.2, 0.25) is 0 Å². The predicted octanol–water partition coefficient (Wildman–Crippen LogP) is 1.84. The molecule has 1 amide bonds. The normalized spacial score (nSPS) is 12.8. The van der Waals surface area contributed by atoms with Crippen LogP contribution in [0.3, 0.4) is 0 Å². The summed E-state index contributed by atoms with van der Waals surface area (Å²) in [6, 6.07) is -0.172. The Labute approximate surface area is 106 Å². The van der Waals surface area contributed by atoms with Crippen LogP contribution >= 0.6 is 11.3 Å². The number of aliphatic hydroxyl groups is 1. The van der Waals surface area contributed by atoms with Crippen molar-refractivity contribution in [1.29, 1.82) is 0 Å². The molecule has 0 aliphatic heterocycles. The SMILES string of the molecule is CCc1ncsc1C(=O)NC(CO)CC(C)C. The standard InChI is InChI=1S/C12H20N2O2S/c1-4-10-11(17-7-13-10)12(16)14-9(6-15)5-8(2)3/h7-9,15H,4-6H2,1-3H3,(H,14,16). The van der Waals surface area contributed by atoms with Crippen LogP contribution in [0.4, 0.5) is 0 Å². The van der Waals surface area contributed by atoms with Gasteiger partial charge in [0.2, 0.25) is 0 Å². The van der Waals surface area contributed by atoms with Crippen molar-refractivity contribution in [3.05, 3.63) is 16.1 Å². The van der Waals surface area contributed by atoms with Gasteiger partial charge in [0.25, 0.3) is 5.91 Å². The van der Waals surface area contributed by atoms with Crippen molar-refractivity contribution in [2.45, 2.75) is 39.7 Å². The number of thiazole rings is 1. The third kappa shape index (κ3) is 4.09. The molecule has 4 nitrogen and oxygen atoms in total. The molecule has 0 radical (unpaired) electrons. The van der Waals surface area contributed by atoms with E-state index in [2.05, 4.69) is 24.1 Å². The number of nitrogens with zero attached hydrogens (tertiary/aromatic N) is 1. The van der Waals surface area contributed by atoms with Crippen molar-refractivity contribution >= 4 is 17.2 Å². The fraction of sp³-hybridized carbons (Fsp3) is 0.667. The van der Waals surface area contributed by atoms with E-state index in [-0.39, 0.29) is 18.6 Å². The van der Waals surface area contributed by atoms with E-state index in [4.69, 9.17) is 0 Å². The number of hydrogen-bond donors (Lipinski definition) is 2. The second kappa shape index (κ2) is 6.71. The van der Waals surface area contributed by atoms with Gasteiger partial charge >= 0.3 is 0 Å². The monoisotopic (exact) mass is 256 g/mol. The molecule has 0 aliphatic carbocycles. The van der Waals surface area contributed by atoms with Gasteiger partial charge in [0.1, 0.15) is 4.88 Å². The quantitative estimate of drug-likeness (QED) is 0.816. The van der Waals surface area contributed by atoms with Gasteiger partial charge in [0.15, 0.2) is 0 Å². The summed E-state index contributed by atoms with van der Waals surface area (Å²) in [5, 5.41) is 12.1. The highest BCUT2D eigenvalue weighted by Gasteiger charge is 2.18. The lowest BCUT2D eigenvalue weighted by atomic mass is 10.0. The molecule has 1 heterocycles. The molecule has 1 rings (SSSR count). The number of carbonyl (C=O) groups excluding carboxylic acids is 1. The predicted molar refractivity (Wildman–Crippen MR) is 69.3 cm³/mol. The molecule has 1 aromatic rings. The molecule has 5 heteroatoms. The Morgan fingerprint density at radius 1 is 1.59 bits per heavy atom. The average Bonchev–Trinajstić information content (AvgIpc) is 2.75. The Hall–Kier alpha value is -0.940. The number of rotatable bonds is 6. The molecule has 1 unspecified atom stereocenters. The fourth-order valence-electron chi connectivity index (χ4n) is 1.70. The van der Waals surface area contributed by atoms with E-state index in [1.807, 2.05) is 6.92 Å². The van der Waals surface area contributed by atoms with Crippen LogP contribution in [0, 0.1) is 5.92 Å². The molecule has 0 aliphatic rings. The largest absolute Gasteiger partial charge is 0.394 e. The zero-order valence-corrected chi connectivity index (χ0v) is 11.4. The van der Waals surface area contributed by atoms with Gasteiger partial charge in [0, 0.05) is 0 Å². The zero-order chi connectivity index (χ0) is 12.8. The Bertz CT molecular complexity index is 363. The molecule has 0 spiro atoms. The van der Waals surface area contributed by atoms with Crippen LogP contribution in [-0.2, 0) is 6.42 Å². The maximum absolute atomic E-state index is 12.0. The minimum Gasteiger partial charge on any atom is -0.394 e. The molecular formula is C12H20N2O2S. The number of amides is 1. The average molecular weight is 256 g/mol. The van der Waals surface area contributed by atoms with Crippen molar-refractivity contribution in [1.82, 2.24) is 10.3 Å². The third-order valence-corrected chi connectivity index (χ3v) is 3.36. The number of nitrogens with one attached hydrogen (secondary N) is 1. The molecule has 96 valence electrons. The van der Waals surface area contributed by atoms with Gasteiger partial charge in [-0.25, -0.2) is 4.98 Å². The summed E-state index contributed by atoms with van der Waals surface area (Å²) < 4.78 is 0. The number of aliphatic hydroxyl groups excluding tert-OH is 1. The van der Waals surface area contributed by atoms with Crippen molar-refractivity contribution in [2.24, 2.45) is 5.92 Å². The minimum atomic E-state index is -0.172. The summed E-state index contributed by atoms with van der Waals surface area (Å²) >= 11 is 1.35. The lowest BCUT2D eigenvalue weighted by Crippen LogP contribution is -2.38. The maximum Gasteiger partial charge on any atom is 0.263 e. The van der Waals surface area contributed by atoms with Crippen molar-refractivity contribution < 1.29 is 9.90 Å². The molecule has 1 aromatic heterocycles. The summed E-state index contributed by atoms with van der Waals surface area (Å²) in [5.74, 6) is 0.323. The van der Waals surface area contributed by atoms with Gasteiger partial charge in [-0.2, -0.15) is 0 Å². The van der Waals surface area contributed by atoms with E-state index in [1.165, 1.54) is 11.3 Å². The van der Waals surface area contributed by atoms with E-state index >= 15 is 0 Å². The van der Waals surface area contributed by atoms with Crippen LogP contribution in [-0.4, -0.2) is 28.6 Å². The summed E-state index contributed by atoms with van der Waals surface area (Å²) in [6.07, 6.45) is 1.53. The van der Waals surface area contributed by atoms with Gasteiger partial charge in [-0.3, -0.25) is 4.79 Å². The second-order valence-corrected chi connectivity index (χ2v) is 5.32. The van der Waals surface area contributed by atoms with E-state index < -0.39 is 0 Å². The van der Waals surface area contributed by atoms with Gasteiger partial charge in [-0.15, -0.1) is 11.3 Å². The summed E-state index contributed by atoms with van der Waals surface area (Å²) in [5.41, 5.74) is 2.51. The molecule has 0 fully saturated rings. The number of aryl methyl sites for hydroxylation is 1. The first kappa shape index (κ1) is 14.1. The molecule has 1 atom stereocenters. The van der Waals surface area contributed by atoms with Gasteiger partial charge < -0.3 is 10.4 Å². The Morgan fingerprint density at radius 2 is 2.29 bits per heavy atom. The highest BCUT2D eigenvalue weighted by Crippen LogP contribution is 2.14. The Balaban J connectivity index is 2.64. The first-order valence-corrected chi connectivity index (χ1v) is 6.80. The summed E-state index contributed by atoms with van der Waals surface area (Å²) in [4.78, 5) is 16.8. The van der Waals surface area contributed by atoms with E-state index in [0.29, 0.717) is 10.8 Å². The molecule has 17 heavy (non-hydrogen) atoms. The highest BCUT2D eigenvalue weighted by molar-refractivity contribution is 7.11. The van der Waals surface area contributed by atoms with Gasteiger partial charge in [-0.1, -0.05) is 20.8 Å². The number of carbonyl (C=O) groups is 1. The van der Waals surface area contributed by atoms with Crippen LogP contribution in [0.25, 0.3) is 0 Å². The summed E-state index contributed by atoms with van der Waals surface area (Å²) in [7, 11) is 0. The van der Waals surface area contributed by atoms with Crippen LogP contribution in [0.1, 0.15) is 42.6 Å². The smallest absolute Gasteiger partial charge is 0.263 e. The summed E-state index contributed by atoms with van der Waals surface area (Å²) in [6.45, 7) is 6.09.